The SMILES string of the molecule is CCCCCN1CC=C[C@]23O[C@@]4(C)C=CCN(Cc5ccccc5)C(=O)[C@H]4[C@H]2C(=O)N(CCCCO)C3C1=O. The summed E-state index contributed by atoms with van der Waals surface area (Å²) in [6.45, 7) is 6.33. The summed E-state index contributed by atoms with van der Waals surface area (Å²) < 4.78 is 6.87. The van der Waals surface area contributed by atoms with Crippen LogP contribution in [0, 0.1) is 11.8 Å². The number of unbranched alkanes of at least 4 members (excludes halogenated alkanes) is 3. The van der Waals surface area contributed by atoms with Crippen LogP contribution < -0.4 is 0 Å². The van der Waals surface area contributed by atoms with E-state index >= 15 is 0 Å². The second kappa shape index (κ2) is 11.3. The molecule has 1 spiro atoms. The summed E-state index contributed by atoms with van der Waals surface area (Å²) in [5.74, 6) is -1.99. The van der Waals surface area contributed by atoms with Crippen molar-refractivity contribution in [3.63, 3.8) is 0 Å². The molecular formula is C31H41N3O5. The predicted octanol–water partition coefficient (Wildman–Crippen LogP) is 2.92. The third-order valence-corrected chi connectivity index (χ3v) is 8.78. The van der Waals surface area contributed by atoms with Gasteiger partial charge in [0, 0.05) is 39.3 Å². The molecule has 0 aromatic heterocycles. The van der Waals surface area contributed by atoms with Gasteiger partial charge in [-0.25, -0.2) is 0 Å². The van der Waals surface area contributed by atoms with Gasteiger partial charge in [-0.15, -0.1) is 0 Å². The Bertz CT molecular complexity index is 1140. The number of hydrogen-bond acceptors (Lipinski definition) is 5. The van der Waals surface area contributed by atoms with Crippen LogP contribution in [-0.2, 0) is 25.7 Å². The second-order valence-electron chi connectivity index (χ2n) is 11.5. The molecule has 0 saturated carbocycles. The van der Waals surface area contributed by atoms with Gasteiger partial charge in [0.2, 0.25) is 17.7 Å². The molecule has 4 aliphatic heterocycles. The van der Waals surface area contributed by atoms with Crippen LogP contribution in [0.2, 0.25) is 0 Å². The average Bonchev–Trinajstić information content (AvgIpc) is 3.19. The van der Waals surface area contributed by atoms with E-state index in [0.717, 1.165) is 24.8 Å². The molecule has 8 nitrogen and oxygen atoms in total. The molecule has 4 heterocycles. The van der Waals surface area contributed by atoms with Gasteiger partial charge in [-0.2, -0.15) is 0 Å². The van der Waals surface area contributed by atoms with E-state index in [2.05, 4.69) is 6.92 Å². The first-order chi connectivity index (χ1) is 18.9. The number of amides is 3. The highest BCUT2D eigenvalue weighted by Crippen LogP contribution is 2.57. The normalized spacial score (nSPS) is 31.8. The van der Waals surface area contributed by atoms with Gasteiger partial charge in [0.05, 0.1) is 17.4 Å². The lowest BCUT2D eigenvalue weighted by atomic mass is 9.74. The van der Waals surface area contributed by atoms with Crippen molar-refractivity contribution in [1.29, 1.82) is 0 Å². The summed E-state index contributed by atoms with van der Waals surface area (Å²) in [7, 11) is 0. The number of carbonyl (C=O) groups excluding carboxylic acids is 3. The Morgan fingerprint density at radius 2 is 1.59 bits per heavy atom. The fraction of sp³-hybridized carbons (Fsp3) is 0.581. The Morgan fingerprint density at radius 3 is 2.33 bits per heavy atom. The summed E-state index contributed by atoms with van der Waals surface area (Å²) >= 11 is 0. The Balaban J connectivity index is 1.52. The molecular weight excluding hydrogens is 494 g/mol. The molecule has 210 valence electrons. The summed E-state index contributed by atoms with van der Waals surface area (Å²) in [6.07, 6.45) is 11.8. The maximum Gasteiger partial charge on any atom is 0.249 e. The molecule has 0 radical (unpaired) electrons. The lowest BCUT2D eigenvalue weighted by molar-refractivity contribution is -0.153. The van der Waals surface area contributed by atoms with E-state index in [1.54, 1.807) is 9.80 Å². The van der Waals surface area contributed by atoms with Gasteiger partial charge < -0.3 is 24.5 Å². The van der Waals surface area contributed by atoms with E-state index < -0.39 is 29.1 Å². The van der Waals surface area contributed by atoms with Gasteiger partial charge in [0.1, 0.15) is 11.6 Å². The molecule has 1 N–H and O–H groups in total. The number of likely N-dealkylation sites (tertiary alicyclic amines) is 1. The van der Waals surface area contributed by atoms with E-state index in [0.29, 0.717) is 45.6 Å². The molecule has 5 atom stereocenters. The standard InChI is InChI=1S/C31H41N3O5/c1-3-4-8-17-32-18-12-16-31-25(28(37)34(20-9-10-21-35)26(31)29(32)38)24-27(36)33(19-11-15-30(24,2)39-31)22-23-13-6-5-7-14-23/h5-7,11-16,24-26,35H,3-4,8-10,17-22H2,1-2H3/t24-,25+,26?,30+,31+/m1/s1. The molecule has 8 heteroatoms. The van der Waals surface area contributed by atoms with Crippen LogP contribution in [0.1, 0.15) is 51.5 Å². The molecule has 1 aromatic carbocycles. The Labute approximate surface area is 231 Å². The van der Waals surface area contributed by atoms with Crippen molar-refractivity contribution in [2.75, 3.05) is 32.8 Å². The van der Waals surface area contributed by atoms with E-state index in [9.17, 15) is 19.5 Å². The van der Waals surface area contributed by atoms with Crippen LogP contribution >= 0.6 is 0 Å². The summed E-state index contributed by atoms with van der Waals surface area (Å²) in [6, 6.07) is 9.01. The number of fused-ring (bicyclic) bond motifs is 2. The van der Waals surface area contributed by atoms with Crippen LogP contribution in [0.3, 0.4) is 0 Å². The molecule has 4 aliphatic rings. The molecule has 3 amide bonds. The number of hydrogen-bond donors (Lipinski definition) is 1. The zero-order valence-corrected chi connectivity index (χ0v) is 23.1. The minimum absolute atomic E-state index is 0.0210. The van der Waals surface area contributed by atoms with Crippen molar-refractivity contribution < 1.29 is 24.2 Å². The van der Waals surface area contributed by atoms with E-state index in [1.807, 2.05) is 66.5 Å². The first-order valence-electron chi connectivity index (χ1n) is 14.4. The maximum absolute atomic E-state index is 14.3. The topological polar surface area (TPSA) is 90.4 Å². The van der Waals surface area contributed by atoms with Crippen molar-refractivity contribution >= 4 is 17.7 Å². The lowest BCUT2D eigenvalue weighted by Gasteiger charge is -2.37. The number of nitrogens with zero attached hydrogens (tertiary/aromatic N) is 3. The smallest absolute Gasteiger partial charge is 0.249 e. The highest BCUT2D eigenvalue weighted by Gasteiger charge is 2.74. The molecule has 2 fully saturated rings. The average molecular weight is 536 g/mol. The van der Waals surface area contributed by atoms with Crippen LogP contribution in [0.25, 0.3) is 0 Å². The van der Waals surface area contributed by atoms with Gasteiger partial charge in [0.25, 0.3) is 0 Å². The number of carbonyl (C=O) groups is 3. The maximum atomic E-state index is 14.3. The van der Waals surface area contributed by atoms with Gasteiger partial charge in [-0.1, -0.05) is 74.4 Å². The Hall–Kier alpha value is -2.97. The van der Waals surface area contributed by atoms with Crippen LogP contribution in [0.4, 0.5) is 0 Å². The van der Waals surface area contributed by atoms with Gasteiger partial charge in [0.15, 0.2) is 0 Å². The Morgan fingerprint density at radius 1 is 0.872 bits per heavy atom. The monoisotopic (exact) mass is 535 g/mol. The summed E-state index contributed by atoms with van der Waals surface area (Å²) in [5.41, 5.74) is -1.22. The molecule has 1 aromatic rings. The fourth-order valence-electron chi connectivity index (χ4n) is 6.95. The second-order valence-corrected chi connectivity index (χ2v) is 11.5. The van der Waals surface area contributed by atoms with Crippen LogP contribution in [0.15, 0.2) is 54.6 Å². The molecule has 0 bridgehead atoms. The van der Waals surface area contributed by atoms with Gasteiger partial charge in [-0.3, -0.25) is 14.4 Å². The highest BCUT2D eigenvalue weighted by atomic mass is 16.5. The molecule has 0 aliphatic carbocycles. The molecule has 1 unspecified atom stereocenters. The molecule has 5 rings (SSSR count). The first-order valence-corrected chi connectivity index (χ1v) is 14.4. The fourth-order valence-corrected chi connectivity index (χ4v) is 6.95. The van der Waals surface area contributed by atoms with Crippen molar-refractivity contribution in [1.82, 2.24) is 14.7 Å². The molecule has 39 heavy (non-hydrogen) atoms. The van der Waals surface area contributed by atoms with Gasteiger partial charge >= 0.3 is 0 Å². The summed E-state index contributed by atoms with van der Waals surface area (Å²) in [4.78, 5) is 48.0. The number of rotatable bonds is 10. The zero-order valence-electron chi connectivity index (χ0n) is 23.1. The first kappa shape index (κ1) is 27.6. The van der Waals surface area contributed by atoms with Crippen LogP contribution in [0.5, 0.6) is 0 Å². The minimum atomic E-state index is -1.22. The predicted molar refractivity (Wildman–Crippen MR) is 147 cm³/mol. The minimum Gasteiger partial charge on any atom is -0.396 e. The third-order valence-electron chi connectivity index (χ3n) is 8.78. The highest BCUT2D eigenvalue weighted by molar-refractivity contribution is 6.00. The van der Waals surface area contributed by atoms with Gasteiger partial charge in [-0.05, 0) is 31.7 Å². The van der Waals surface area contributed by atoms with E-state index in [1.165, 1.54) is 0 Å². The van der Waals surface area contributed by atoms with E-state index in [-0.39, 0.29) is 24.3 Å². The number of aliphatic hydroxyl groups is 1. The molecule has 2 saturated heterocycles. The Kier molecular flexibility index (Phi) is 7.96. The third kappa shape index (κ3) is 4.82. The van der Waals surface area contributed by atoms with Crippen LogP contribution in [-0.4, -0.2) is 87.6 Å². The van der Waals surface area contributed by atoms with Crippen molar-refractivity contribution in [2.45, 2.75) is 69.7 Å². The zero-order chi connectivity index (χ0) is 27.6. The number of aliphatic hydroxyl groups excluding tert-OH is 1. The number of benzene rings is 1. The number of ether oxygens (including phenoxy) is 1. The lowest BCUT2D eigenvalue weighted by Crippen LogP contribution is -2.56. The van der Waals surface area contributed by atoms with Crippen molar-refractivity contribution in [2.24, 2.45) is 11.8 Å². The van der Waals surface area contributed by atoms with Crippen molar-refractivity contribution in [3.8, 4) is 0 Å². The largest absolute Gasteiger partial charge is 0.396 e. The van der Waals surface area contributed by atoms with Crippen molar-refractivity contribution in [3.05, 3.63) is 60.2 Å². The van der Waals surface area contributed by atoms with E-state index in [4.69, 9.17) is 4.74 Å². The summed E-state index contributed by atoms with van der Waals surface area (Å²) in [5, 5.41) is 9.39. The quantitative estimate of drug-likeness (QED) is 0.368.